The summed E-state index contributed by atoms with van der Waals surface area (Å²) in [5.41, 5.74) is 0. The number of carbonyl (C=O) groups excluding carboxylic acids is 3. The molecule has 0 aliphatic heterocycles. The molecule has 0 heterocycles. The lowest BCUT2D eigenvalue weighted by atomic mass is 10.0. The Bertz CT molecular complexity index is 444. The first kappa shape index (κ1) is 29.4. The number of halogens is 2. The lowest BCUT2D eigenvalue weighted by Gasteiger charge is -2.18. The summed E-state index contributed by atoms with van der Waals surface area (Å²) < 4.78 is 5.78. The van der Waals surface area contributed by atoms with Crippen molar-refractivity contribution < 1.29 is 24.0 Å². The SMILES string of the molecule is C[NH+](C)CCCC(=O)OC(CCCCCCCC(=O)Cl)CCCCCCCC(=O)Cl. The van der Waals surface area contributed by atoms with E-state index in [1.54, 1.807) is 0 Å². The zero-order chi connectivity index (χ0) is 22.6. The van der Waals surface area contributed by atoms with Crippen molar-refractivity contribution in [2.24, 2.45) is 0 Å². The molecular weight excluding hydrogens is 425 g/mol. The van der Waals surface area contributed by atoms with Gasteiger partial charge in [-0.2, -0.15) is 0 Å². The van der Waals surface area contributed by atoms with Crippen LogP contribution in [0.2, 0.25) is 0 Å². The zero-order valence-electron chi connectivity index (χ0n) is 19.0. The molecule has 0 atom stereocenters. The fraction of sp³-hybridized carbons (Fsp3) is 0.870. The molecule has 0 fully saturated rings. The molecule has 7 heteroatoms. The molecule has 0 aromatic rings. The monoisotopic (exact) mass is 466 g/mol. The third-order valence-corrected chi connectivity index (χ3v) is 5.53. The Morgan fingerprint density at radius 3 is 1.53 bits per heavy atom. The molecule has 0 unspecified atom stereocenters. The third-order valence-electron chi connectivity index (χ3n) is 5.15. The number of quaternary nitrogens is 1. The van der Waals surface area contributed by atoms with Gasteiger partial charge < -0.3 is 9.64 Å². The largest absolute Gasteiger partial charge is 0.462 e. The molecule has 30 heavy (non-hydrogen) atoms. The minimum absolute atomic E-state index is 0.00181. The van der Waals surface area contributed by atoms with Gasteiger partial charge in [-0.25, -0.2) is 0 Å². The van der Waals surface area contributed by atoms with Crippen LogP contribution in [0.25, 0.3) is 0 Å². The van der Waals surface area contributed by atoms with Crippen molar-refractivity contribution in [3.63, 3.8) is 0 Å². The maximum Gasteiger partial charge on any atom is 0.306 e. The van der Waals surface area contributed by atoms with Gasteiger partial charge in [0.15, 0.2) is 0 Å². The van der Waals surface area contributed by atoms with E-state index in [-0.39, 0.29) is 22.6 Å². The second-order valence-electron chi connectivity index (χ2n) is 8.50. The summed E-state index contributed by atoms with van der Waals surface area (Å²) in [7, 11) is 4.17. The smallest absolute Gasteiger partial charge is 0.306 e. The number of rotatable bonds is 21. The number of unbranched alkanes of at least 4 members (excludes halogenated alkanes) is 8. The molecule has 0 aromatic carbocycles. The van der Waals surface area contributed by atoms with Crippen LogP contribution in [-0.2, 0) is 19.1 Å². The van der Waals surface area contributed by atoms with E-state index >= 15 is 0 Å². The number of carbonyl (C=O) groups is 3. The van der Waals surface area contributed by atoms with Gasteiger partial charge in [-0.15, -0.1) is 0 Å². The van der Waals surface area contributed by atoms with Crippen LogP contribution in [0.4, 0.5) is 0 Å². The minimum Gasteiger partial charge on any atom is -0.462 e. The molecule has 0 aromatic heterocycles. The van der Waals surface area contributed by atoms with Crippen LogP contribution in [0.1, 0.15) is 103 Å². The predicted octanol–water partition coefficient (Wildman–Crippen LogP) is 4.82. The molecular formula is C23H42Cl2NO4+. The maximum absolute atomic E-state index is 12.2. The van der Waals surface area contributed by atoms with Gasteiger partial charge in [0.1, 0.15) is 6.10 Å². The van der Waals surface area contributed by atoms with Crippen molar-refractivity contribution in [3.8, 4) is 0 Å². The number of ether oxygens (including phenoxy) is 1. The summed E-state index contributed by atoms with van der Waals surface area (Å²) in [4.78, 5) is 35.0. The van der Waals surface area contributed by atoms with Gasteiger partial charge in [0, 0.05) is 19.3 Å². The molecule has 0 rings (SSSR count). The van der Waals surface area contributed by atoms with Crippen LogP contribution >= 0.6 is 23.2 Å². The molecule has 0 saturated heterocycles. The minimum atomic E-state index is -0.257. The van der Waals surface area contributed by atoms with E-state index in [1.807, 2.05) is 0 Å². The van der Waals surface area contributed by atoms with Gasteiger partial charge in [-0.3, -0.25) is 14.4 Å². The molecule has 0 amide bonds. The molecule has 0 aliphatic carbocycles. The van der Waals surface area contributed by atoms with Crippen molar-refractivity contribution in [3.05, 3.63) is 0 Å². The van der Waals surface area contributed by atoms with Gasteiger partial charge in [0.05, 0.1) is 27.1 Å². The van der Waals surface area contributed by atoms with E-state index in [1.165, 1.54) is 4.90 Å². The Labute approximate surface area is 193 Å². The molecule has 0 radical (unpaired) electrons. The molecule has 0 saturated carbocycles. The van der Waals surface area contributed by atoms with Crippen molar-refractivity contribution in [1.82, 2.24) is 0 Å². The quantitative estimate of drug-likeness (QED) is 0.149. The fourth-order valence-electron chi connectivity index (χ4n) is 3.43. The van der Waals surface area contributed by atoms with Crippen molar-refractivity contribution in [2.75, 3.05) is 20.6 Å². The summed E-state index contributed by atoms with van der Waals surface area (Å²) in [6, 6.07) is 0. The van der Waals surface area contributed by atoms with Gasteiger partial charge in [-0.05, 0) is 61.7 Å². The van der Waals surface area contributed by atoms with Crippen molar-refractivity contribution in [2.45, 2.75) is 109 Å². The van der Waals surface area contributed by atoms with Crippen LogP contribution in [0, 0.1) is 0 Å². The number of hydrogen-bond acceptors (Lipinski definition) is 4. The topological polar surface area (TPSA) is 64.9 Å². The summed E-state index contributed by atoms with van der Waals surface area (Å²) >= 11 is 10.7. The van der Waals surface area contributed by atoms with Gasteiger partial charge in [0.2, 0.25) is 10.5 Å². The molecule has 1 N–H and O–H groups in total. The fourth-order valence-corrected chi connectivity index (χ4v) is 3.69. The molecule has 5 nitrogen and oxygen atoms in total. The standard InChI is InChI=1S/C23H41Cl2NO4/c1-26(2)19-13-18-23(29)30-20(14-9-5-3-7-11-16-21(24)27)15-10-6-4-8-12-17-22(25)28/h20H,3-19H2,1-2H3/p+1. The van der Waals surface area contributed by atoms with E-state index in [0.717, 1.165) is 90.0 Å². The molecule has 176 valence electrons. The number of hydrogen-bond donors (Lipinski definition) is 1. The average molecular weight is 467 g/mol. The summed E-state index contributed by atoms with van der Waals surface area (Å²) in [6.45, 7) is 0.968. The highest BCUT2D eigenvalue weighted by Gasteiger charge is 2.14. The Morgan fingerprint density at radius 1 is 0.667 bits per heavy atom. The predicted molar refractivity (Wildman–Crippen MR) is 123 cm³/mol. The first-order valence-corrected chi connectivity index (χ1v) is 12.4. The zero-order valence-corrected chi connectivity index (χ0v) is 20.5. The summed E-state index contributed by atoms with van der Waals surface area (Å²) in [6.07, 6.45) is 14.2. The van der Waals surface area contributed by atoms with E-state index in [2.05, 4.69) is 14.1 Å². The van der Waals surface area contributed by atoms with Crippen LogP contribution in [0.15, 0.2) is 0 Å². The van der Waals surface area contributed by atoms with E-state index < -0.39 is 0 Å². The highest BCUT2D eigenvalue weighted by molar-refractivity contribution is 6.63. The third kappa shape index (κ3) is 22.0. The maximum atomic E-state index is 12.2. The van der Waals surface area contributed by atoms with E-state index in [4.69, 9.17) is 27.9 Å². The normalized spacial score (nSPS) is 11.3. The number of nitrogens with one attached hydrogen (secondary N) is 1. The Hall–Kier alpha value is -0.650. The Balaban J connectivity index is 4.10. The first-order chi connectivity index (χ1) is 14.3. The molecule has 0 bridgehead atoms. The van der Waals surface area contributed by atoms with Crippen LogP contribution < -0.4 is 4.90 Å². The lowest BCUT2D eigenvalue weighted by molar-refractivity contribution is -0.858. The summed E-state index contributed by atoms with van der Waals surface area (Å²) in [5, 5.41) is -0.515. The lowest BCUT2D eigenvalue weighted by Crippen LogP contribution is -3.05. The Morgan fingerprint density at radius 2 is 1.10 bits per heavy atom. The van der Waals surface area contributed by atoms with Crippen molar-refractivity contribution >= 4 is 39.7 Å². The average Bonchev–Trinajstić information content (AvgIpc) is 2.65. The molecule has 0 spiro atoms. The first-order valence-electron chi connectivity index (χ1n) is 11.7. The highest BCUT2D eigenvalue weighted by atomic mass is 35.5. The second-order valence-corrected chi connectivity index (χ2v) is 9.34. The van der Waals surface area contributed by atoms with E-state index in [9.17, 15) is 14.4 Å². The highest BCUT2D eigenvalue weighted by Crippen LogP contribution is 2.18. The Kier molecular flexibility index (Phi) is 19.8. The van der Waals surface area contributed by atoms with Gasteiger partial charge >= 0.3 is 5.97 Å². The van der Waals surface area contributed by atoms with E-state index in [0.29, 0.717) is 19.3 Å². The van der Waals surface area contributed by atoms with Crippen LogP contribution in [0.3, 0.4) is 0 Å². The molecule has 0 aliphatic rings. The van der Waals surface area contributed by atoms with Crippen molar-refractivity contribution in [1.29, 1.82) is 0 Å². The van der Waals surface area contributed by atoms with Crippen LogP contribution in [0.5, 0.6) is 0 Å². The van der Waals surface area contributed by atoms with Crippen LogP contribution in [-0.4, -0.2) is 43.2 Å². The van der Waals surface area contributed by atoms with Gasteiger partial charge in [0.25, 0.3) is 0 Å². The summed E-state index contributed by atoms with van der Waals surface area (Å²) in [5.74, 6) is -0.0810. The number of esters is 1. The second kappa shape index (κ2) is 20.3. The van der Waals surface area contributed by atoms with Gasteiger partial charge in [-0.1, -0.05) is 38.5 Å².